The Kier molecular flexibility index (Phi) is 4.79. The van der Waals surface area contributed by atoms with Crippen molar-refractivity contribution in [3.8, 4) is 11.4 Å². The molecule has 0 atom stereocenters. The van der Waals surface area contributed by atoms with Crippen molar-refractivity contribution >= 4 is 34.5 Å². The first-order chi connectivity index (χ1) is 13.5. The van der Waals surface area contributed by atoms with Crippen LogP contribution in [0, 0.1) is 5.92 Å². The van der Waals surface area contributed by atoms with Crippen molar-refractivity contribution in [3.63, 3.8) is 0 Å². The number of hydrogen-bond acceptors (Lipinski definition) is 6. The number of rotatable bonds is 5. The Balaban J connectivity index is 1.71. The fourth-order valence-electron chi connectivity index (χ4n) is 2.92. The highest BCUT2D eigenvalue weighted by molar-refractivity contribution is 7.10. The molecule has 4 aromatic rings. The van der Waals surface area contributed by atoms with Gasteiger partial charge >= 0.3 is 11.1 Å². The van der Waals surface area contributed by atoms with E-state index in [1.165, 1.54) is 4.57 Å². The normalized spacial score (nSPS) is 11.8. The molecule has 0 radical (unpaired) electrons. The van der Waals surface area contributed by atoms with E-state index in [0.29, 0.717) is 34.9 Å². The van der Waals surface area contributed by atoms with Crippen molar-refractivity contribution in [1.82, 2.24) is 19.7 Å². The molecule has 7 nitrogen and oxygen atoms in total. The Morgan fingerprint density at radius 3 is 2.86 bits per heavy atom. The fraction of sp³-hybridized carbons (Fsp3) is 0.200. The summed E-state index contributed by atoms with van der Waals surface area (Å²) in [5.74, 6) is 1.04. The second kappa shape index (κ2) is 7.40. The van der Waals surface area contributed by atoms with Crippen molar-refractivity contribution in [2.45, 2.75) is 20.4 Å². The minimum Gasteiger partial charge on any atom is -0.334 e. The molecular formula is C20H18N4O3S. The van der Waals surface area contributed by atoms with Crippen LogP contribution in [-0.4, -0.2) is 19.7 Å². The van der Waals surface area contributed by atoms with E-state index < -0.39 is 11.1 Å². The molecular weight excluding hydrogens is 376 g/mol. The second-order valence-electron chi connectivity index (χ2n) is 6.80. The van der Waals surface area contributed by atoms with Gasteiger partial charge in [-0.1, -0.05) is 25.1 Å². The molecule has 8 heteroatoms. The summed E-state index contributed by atoms with van der Waals surface area (Å²) in [7, 11) is 0. The van der Waals surface area contributed by atoms with Gasteiger partial charge in [0.05, 0.1) is 11.0 Å². The third kappa shape index (κ3) is 3.59. The lowest BCUT2D eigenvalue weighted by atomic mass is 10.1. The van der Waals surface area contributed by atoms with Crippen molar-refractivity contribution in [1.29, 1.82) is 0 Å². The molecule has 28 heavy (non-hydrogen) atoms. The maximum atomic E-state index is 12.2. The van der Waals surface area contributed by atoms with E-state index in [2.05, 4.69) is 15.1 Å². The lowest BCUT2D eigenvalue weighted by Gasteiger charge is -2.12. The number of aromatic nitrogens is 4. The summed E-state index contributed by atoms with van der Waals surface area (Å²) in [5.41, 5.74) is 0.733. The van der Waals surface area contributed by atoms with Crippen LogP contribution >= 0.6 is 11.3 Å². The summed E-state index contributed by atoms with van der Waals surface area (Å²) in [5, 5.41) is 6.00. The van der Waals surface area contributed by atoms with Gasteiger partial charge in [-0.15, -0.1) is 11.3 Å². The van der Waals surface area contributed by atoms with E-state index in [9.17, 15) is 9.59 Å². The third-order valence-electron chi connectivity index (χ3n) is 4.16. The van der Waals surface area contributed by atoms with Gasteiger partial charge in [-0.25, -0.2) is 0 Å². The van der Waals surface area contributed by atoms with E-state index in [4.69, 9.17) is 4.52 Å². The molecule has 0 aliphatic rings. The molecule has 142 valence electrons. The molecule has 0 fully saturated rings. The second-order valence-corrected chi connectivity index (χ2v) is 7.78. The number of hydrogen-bond donors (Lipinski definition) is 1. The summed E-state index contributed by atoms with van der Waals surface area (Å²) in [6, 6.07) is 9.33. The van der Waals surface area contributed by atoms with Gasteiger partial charge in [-0.05, 0) is 41.6 Å². The molecule has 0 saturated carbocycles. The number of fused-ring (bicyclic) bond motifs is 1. The van der Waals surface area contributed by atoms with Crippen LogP contribution in [0.2, 0.25) is 0 Å². The quantitative estimate of drug-likeness (QED) is 0.522. The molecule has 0 saturated heterocycles. The number of nitrogens with zero attached hydrogens (tertiary/aromatic N) is 3. The Morgan fingerprint density at radius 2 is 2.11 bits per heavy atom. The zero-order valence-corrected chi connectivity index (χ0v) is 16.2. The monoisotopic (exact) mass is 394 g/mol. The van der Waals surface area contributed by atoms with Gasteiger partial charge < -0.3 is 14.1 Å². The zero-order chi connectivity index (χ0) is 19.7. The van der Waals surface area contributed by atoms with Gasteiger partial charge in [-0.2, -0.15) is 4.98 Å². The SMILES string of the molecule is CC(C)Cn1c(=O)c(=O)[nH]c2cc(-c3noc(/C=C/c4cccs4)n3)ccc21. The van der Waals surface area contributed by atoms with Crippen LogP contribution in [0.1, 0.15) is 24.6 Å². The van der Waals surface area contributed by atoms with Gasteiger partial charge in [0.25, 0.3) is 5.89 Å². The van der Waals surface area contributed by atoms with E-state index >= 15 is 0 Å². The molecule has 0 aliphatic carbocycles. The molecule has 0 bridgehead atoms. The van der Waals surface area contributed by atoms with E-state index in [-0.39, 0.29) is 5.92 Å². The standard InChI is InChI=1S/C20H18N4O3S/c1-12(2)11-24-16-7-5-13(10-15(16)21-19(25)20(24)26)18-22-17(27-23-18)8-6-14-4-3-9-28-14/h3-10,12H,11H2,1-2H3,(H,21,25)/b8-6+. The summed E-state index contributed by atoms with van der Waals surface area (Å²) >= 11 is 1.62. The molecule has 4 rings (SSSR count). The molecule has 1 aromatic carbocycles. The van der Waals surface area contributed by atoms with Gasteiger partial charge in [0.1, 0.15) is 0 Å². The van der Waals surface area contributed by atoms with Crippen molar-refractivity contribution in [3.05, 3.63) is 67.2 Å². The number of H-pyrrole nitrogens is 1. The third-order valence-corrected chi connectivity index (χ3v) is 4.99. The molecule has 0 spiro atoms. The average Bonchev–Trinajstić information content (AvgIpc) is 3.34. The molecule has 0 aliphatic heterocycles. The van der Waals surface area contributed by atoms with E-state index in [1.54, 1.807) is 29.5 Å². The molecule has 3 aromatic heterocycles. The highest BCUT2D eigenvalue weighted by atomic mass is 32.1. The first-order valence-corrected chi connectivity index (χ1v) is 9.72. The highest BCUT2D eigenvalue weighted by Crippen LogP contribution is 2.21. The van der Waals surface area contributed by atoms with Crippen LogP contribution in [-0.2, 0) is 6.54 Å². The van der Waals surface area contributed by atoms with Crippen LogP contribution in [0.5, 0.6) is 0 Å². The topological polar surface area (TPSA) is 93.8 Å². The maximum absolute atomic E-state index is 12.2. The average molecular weight is 394 g/mol. The van der Waals surface area contributed by atoms with Gasteiger partial charge in [-0.3, -0.25) is 9.59 Å². The Labute approximate surface area is 164 Å². The molecule has 1 N–H and O–H groups in total. The first-order valence-electron chi connectivity index (χ1n) is 8.84. The molecule has 3 heterocycles. The molecule has 0 amide bonds. The van der Waals surface area contributed by atoms with Crippen LogP contribution in [0.15, 0.2) is 49.8 Å². The lowest BCUT2D eigenvalue weighted by Crippen LogP contribution is -2.37. The summed E-state index contributed by atoms with van der Waals surface area (Å²) < 4.78 is 6.79. The lowest BCUT2D eigenvalue weighted by molar-refractivity contribution is 0.411. The predicted octanol–water partition coefficient (Wildman–Crippen LogP) is 3.63. The Morgan fingerprint density at radius 1 is 1.25 bits per heavy atom. The Hall–Kier alpha value is -3.26. The number of nitrogens with one attached hydrogen (secondary N) is 1. The van der Waals surface area contributed by atoms with Crippen LogP contribution in [0.25, 0.3) is 34.6 Å². The summed E-state index contributed by atoms with van der Waals surface area (Å²) in [6.45, 7) is 4.47. The smallest absolute Gasteiger partial charge is 0.316 e. The minimum atomic E-state index is -0.641. The first kappa shape index (κ1) is 18.1. The number of aromatic amines is 1. The van der Waals surface area contributed by atoms with Crippen molar-refractivity contribution in [2.75, 3.05) is 0 Å². The van der Waals surface area contributed by atoms with Crippen LogP contribution < -0.4 is 11.1 Å². The highest BCUT2D eigenvalue weighted by Gasteiger charge is 2.12. The molecule has 0 unspecified atom stereocenters. The van der Waals surface area contributed by atoms with Crippen LogP contribution in [0.3, 0.4) is 0 Å². The van der Waals surface area contributed by atoms with Crippen molar-refractivity contribution in [2.24, 2.45) is 5.92 Å². The van der Waals surface area contributed by atoms with Crippen molar-refractivity contribution < 1.29 is 4.52 Å². The van der Waals surface area contributed by atoms with Gasteiger partial charge in [0.15, 0.2) is 0 Å². The summed E-state index contributed by atoms with van der Waals surface area (Å²) in [4.78, 5) is 32.4. The fourth-order valence-corrected chi connectivity index (χ4v) is 3.54. The largest absolute Gasteiger partial charge is 0.334 e. The van der Waals surface area contributed by atoms with E-state index in [0.717, 1.165) is 4.88 Å². The zero-order valence-electron chi connectivity index (χ0n) is 15.4. The number of benzene rings is 1. The van der Waals surface area contributed by atoms with Crippen LogP contribution in [0.4, 0.5) is 0 Å². The Bertz CT molecular complexity index is 1260. The minimum absolute atomic E-state index is 0.234. The van der Waals surface area contributed by atoms with Gasteiger partial charge in [0, 0.05) is 23.1 Å². The summed E-state index contributed by atoms with van der Waals surface area (Å²) in [6.07, 6.45) is 3.66. The maximum Gasteiger partial charge on any atom is 0.316 e. The predicted molar refractivity (Wildman–Crippen MR) is 110 cm³/mol. The van der Waals surface area contributed by atoms with E-state index in [1.807, 2.05) is 43.5 Å². The number of thiophene rings is 1. The van der Waals surface area contributed by atoms with Gasteiger partial charge in [0.2, 0.25) is 5.82 Å².